The molecule has 1 aromatic carbocycles. The summed E-state index contributed by atoms with van der Waals surface area (Å²) in [7, 11) is 0. The lowest BCUT2D eigenvalue weighted by Gasteiger charge is -2.32. The number of nitrogens with zero attached hydrogens (tertiary/aromatic N) is 5. The van der Waals surface area contributed by atoms with Crippen LogP contribution in [0.5, 0.6) is 0 Å². The number of hydrogen-bond donors (Lipinski definition) is 0. The topological polar surface area (TPSA) is 66.8 Å². The molecule has 0 unspecified atom stereocenters. The highest BCUT2D eigenvalue weighted by Crippen LogP contribution is 2.26. The SMILES string of the molecule is N#CCn1cc(C(=O)N2CCC[C@H](n3cccn3)C2)c2ccccc21. The molecule has 0 N–H and O–H groups in total. The number of rotatable bonds is 3. The van der Waals surface area contributed by atoms with Gasteiger partial charge in [0.15, 0.2) is 0 Å². The summed E-state index contributed by atoms with van der Waals surface area (Å²) in [6.45, 7) is 1.66. The summed E-state index contributed by atoms with van der Waals surface area (Å²) in [5.41, 5.74) is 1.60. The average Bonchev–Trinajstić information content (AvgIpc) is 3.30. The van der Waals surface area contributed by atoms with Crippen LogP contribution >= 0.6 is 0 Å². The number of fused-ring (bicyclic) bond motifs is 1. The lowest BCUT2D eigenvalue weighted by molar-refractivity contribution is 0.0674. The number of carbonyl (C=O) groups excluding carboxylic acids is 1. The van der Waals surface area contributed by atoms with Crippen LogP contribution in [0, 0.1) is 11.3 Å². The number of benzene rings is 1. The normalized spacial score (nSPS) is 17.6. The van der Waals surface area contributed by atoms with Gasteiger partial charge in [0.25, 0.3) is 5.91 Å². The molecule has 1 aliphatic heterocycles. The van der Waals surface area contributed by atoms with Crippen LogP contribution < -0.4 is 0 Å². The van der Waals surface area contributed by atoms with Gasteiger partial charge in [0.2, 0.25) is 0 Å². The van der Waals surface area contributed by atoms with Crippen molar-refractivity contribution in [2.24, 2.45) is 0 Å². The summed E-state index contributed by atoms with van der Waals surface area (Å²) >= 11 is 0. The van der Waals surface area contributed by atoms with Crippen molar-refractivity contribution in [1.82, 2.24) is 19.2 Å². The average molecular weight is 333 g/mol. The first kappa shape index (κ1) is 15.5. The molecular formula is C19H19N5O. The lowest BCUT2D eigenvalue weighted by atomic mass is 10.0. The van der Waals surface area contributed by atoms with E-state index in [1.165, 1.54) is 0 Å². The van der Waals surface area contributed by atoms with Crippen molar-refractivity contribution in [1.29, 1.82) is 5.26 Å². The fraction of sp³-hybridized carbons (Fsp3) is 0.316. The van der Waals surface area contributed by atoms with Gasteiger partial charge in [-0.15, -0.1) is 0 Å². The van der Waals surface area contributed by atoms with Crippen molar-refractivity contribution < 1.29 is 4.79 Å². The van der Waals surface area contributed by atoms with Crippen molar-refractivity contribution in [2.75, 3.05) is 13.1 Å². The van der Waals surface area contributed by atoms with Gasteiger partial charge >= 0.3 is 0 Å². The second kappa shape index (κ2) is 6.44. The van der Waals surface area contributed by atoms with Gasteiger partial charge in [-0.3, -0.25) is 9.48 Å². The molecule has 1 fully saturated rings. The van der Waals surface area contributed by atoms with Crippen LogP contribution in [0.3, 0.4) is 0 Å². The van der Waals surface area contributed by atoms with E-state index in [2.05, 4.69) is 11.2 Å². The van der Waals surface area contributed by atoms with Gasteiger partial charge < -0.3 is 9.47 Å². The fourth-order valence-electron chi connectivity index (χ4n) is 3.65. The Morgan fingerprint density at radius 2 is 2.20 bits per heavy atom. The maximum atomic E-state index is 13.1. The van der Waals surface area contributed by atoms with Gasteiger partial charge in [-0.2, -0.15) is 10.4 Å². The smallest absolute Gasteiger partial charge is 0.256 e. The molecule has 6 heteroatoms. The van der Waals surface area contributed by atoms with E-state index in [9.17, 15) is 4.79 Å². The zero-order chi connectivity index (χ0) is 17.2. The monoisotopic (exact) mass is 333 g/mol. The molecule has 0 bridgehead atoms. The zero-order valence-electron chi connectivity index (χ0n) is 13.9. The van der Waals surface area contributed by atoms with E-state index in [1.807, 2.05) is 56.9 Å². The van der Waals surface area contributed by atoms with Gasteiger partial charge in [-0.25, -0.2) is 0 Å². The number of nitriles is 1. The number of likely N-dealkylation sites (tertiary alicyclic amines) is 1. The summed E-state index contributed by atoms with van der Waals surface area (Å²) in [5.74, 6) is 0.0322. The third kappa shape index (κ3) is 2.78. The molecule has 25 heavy (non-hydrogen) atoms. The highest BCUT2D eigenvalue weighted by atomic mass is 16.2. The Morgan fingerprint density at radius 3 is 3.00 bits per heavy atom. The van der Waals surface area contributed by atoms with Crippen molar-refractivity contribution in [3.8, 4) is 6.07 Å². The second-order valence-corrected chi connectivity index (χ2v) is 6.38. The van der Waals surface area contributed by atoms with Gasteiger partial charge in [0, 0.05) is 42.6 Å². The molecular weight excluding hydrogens is 314 g/mol. The maximum Gasteiger partial charge on any atom is 0.256 e. The Kier molecular flexibility index (Phi) is 3.98. The van der Waals surface area contributed by atoms with E-state index in [-0.39, 0.29) is 18.5 Å². The van der Waals surface area contributed by atoms with Crippen LogP contribution in [0.25, 0.3) is 10.9 Å². The highest BCUT2D eigenvalue weighted by Gasteiger charge is 2.27. The van der Waals surface area contributed by atoms with E-state index in [4.69, 9.17) is 5.26 Å². The minimum absolute atomic E-state index is 0.0322. The minimum atomic E-state index is 0.0322. The maximum absolute atomic E-state index is 13.1. The molecule has 1 atom stereocenters. The summed E-state index contributed by atoms with van der Waals surface area (Å²) in [4.78, 5) is 15.1. The minimum Gasteiger partial charge on any atom is -0.336 e. The molecule has 0 saturated carbocycles. The van der Waals surface area contributed by atoms with Gasteiger partial charge in [-0.05, 0) is 25.0 Å². The molecule has 2 aromatic heterocycles. The summed E-state index contributed by atoms with van der Waals surface area (Å²) in [6, 6.07) is 12.1. The molecule has 1 amide bonds. The fourth-order valence-corrected chi connectivity index (χ4v) is 3.65. The standard InChI is InChI=1S/C19H19N5O/c20-8-12-22-14-17(16-6-1-2-7-18(16)22)19(25)23-10-3-5-15(13-23)24-11-4-9-21-24/h1-2,4,6-7,9,11,14-15H,3,5,10,12-13H2/t15-/m0/s1. The molecule has 0 radical (unpaired) electrons. The van der Waals surface area contributed by atoms with Crippen LogP contribution in [-0.4, -0.2) is 38.2 Å². The molecule has 4 rings (SSSR count). The van der Waals surface area contributed by atoms with E-state index in [1.54, 1.807) is 6.20 Å². The van der Waals surface area contributed by atoms with E-state index >= 15 is 0 Å². The molecule has 3 heterocycles. The predicted octanol–water partition coefficient (Wildman–Crippen LogP) is 2.84. The molecule has 0 spiro atoms. The Labute approximate surface area is 145 Å². The molecule has 3 aromatic rings. The third-order valence-electron chi connectivity index (χ3n) is 4.84. The number of piperidine rings is 1. The van der Waals surface area contributed by atoms with Crippen LogP contribution in [0.1, 0.15) is 29.2 Å². The zero-order valence-corrected chi connectivity index (χ0v) is 13.9. The first-order valence-corrected chi connectivity index (χ1v) is 8.51. The Hall–Kier alpha value is -3.07. The van der Waals surface area contributed by atoms with Crippen LogP contribution in [0.2, 0.25) is 0 Å². The summed E-state index contributed by atoms with van der Waals surface area (Å²) < 4.78 is 3.79. The van der Waals surface area contributed by atoms with E-state index in [0.717, 1.165) is 30.3 Å². The quantitative estimate of drug-likeness (QED) is 0.740. The third-order valence-corrected chi connectivity index (χ3v) is 4.84. The van der Waals surface area contributed by atoms with Crippen molar-refractivity contribution in [3.05, 3.63) is 54.5 Å². The number of aromatic nitrogens is 3. The van der Waals surface area contributed by atoms with Crippen LogP contribution in [0.15, 0.2) is 48.9 Å². The largest absolute Gasteiger partial charge is 0.336 e. The van der Waals surface area contributed by atoms with Crippen LogP contribution in [0.4, 0.5) is 0 Å². The number of para-hydroxylation sites is 1. The first-order valence-electron chi connectivity index (χ1n) is 8.51. The molecule has 6 nitrogen and oxygen atoms in total. The Balaban J connectivity index is 1.64. The first-order chi connectivity index (χ1) is 12.3. The Morgan fingerprint density at radius 1 is 1.32 bits per heavy atom. The summed E-state index contributed by atoms with van der Waals surface area (Å²) in [6.07, 6.45) is 7.54. The lowest BCUT2D eigenvalue weighted by Crippen LogP contribution is -2.40. The van der Waals surface area contributed by atoms with Gasteiger partial charge in [0.05, 0.1) is 17.7 Å². The van der Waals surface area contributed by atoms with Crippen molar-refractivity contribution >= 4 is 16.8 Å². The number of carbonyl (C=O) groups is 1. The number of amides is 1. The highest BCUT2D eigenvalue weighted by molar-refractivity contribution is 6.07. The Bertz CT molecular complexity index is 935. The van der Waals surface area contributed by atoms with E-state index in [0.29, 0.717) is 12.1 Å². The molecule has 1 saturated heterocycles. The van der Waals surface area contributed by atoms with Gasteiger partial charge in [-0.1, -0.05) is 18.2 Å². The molecule has 126 valence electrons. The summed E-state index contributed by atoms with van der Waals surface area (Å²) in [5, 5.41) is 14.3. The van der Waals surface area contributed by atoms with Crippen molar-refractivity contribution in [2.45, 2.75) is 25.4 Å². The number of hydrogen-bond acceptors (Lipinski definition) is 3. The van der Waals surface area contributed by atoms with Crippen molar-refractivity contribution in [3.63, 3.8) is 0 Å². The van der Waals surface area contributed by atoms with Gasteiger partial charge in [0.1, 0.15) is 6.54 Å². The van der Waals surface area contributed by atoms with Crippen LogP contribution in [-0.2, 0) is 6.54 Å². The predicted molar refractivity (Wildman–Crippen MR) is 94.0 cm³/mol. The molecule has 0 aliphatic carbocycles. The second-order valence-electron chi connectivity index (χ2n) is 6.38. The van der Waals surface area contributed by atoms with E-state index < -0.39 is 0 Å². The molecule has 1 aliphatic rings.